The van der Waals surface area contributed by atoms with Crippen LogP contribution in [-0.4, -0.2) is 18.1 Å². The lowest BCUT2D eigenvalue weighted by molar-refractivity contribution is -0.139. The molecule has 0 spiro atoms. The van der Waals surface area contributed by atoms with E-state index in [2.05, 4.69) is 12.4 Å². The fourth-order valence-electron chi connectivity index (χ4n) is 1.78. The first-order chi connectivity index (χ1) is 7.24. The van der Waals surface area contributed by atoms with Crippen molar-refractivity contribution in [1.29, 1.82) is 0 Å². The van der Waals surface area contributed by atoms with Crippen LogP contribution in [0.15, 0.2) is 0 Å². The van der Waals surface area contributed by atoms with Gasteiger partial charge >= 0.3 is 0 Å². The Morgan fingerprint density at radius 3 is 2.80 bits per heavy atom. The molecule has 0 saturated heterocycles. The molecule has 3 N–H and O–H groups in total. The van der Waals surface area contributed by atoms with Crippen LogP contribution in [0, 0.1) is 0 Å². The van der Waals surface area contributed by atoms with Gasteiger partial charge in [0.05, 0.1) is 12.1 Å². The topological polar surface area (TPSA) is 64.4 Å². The van der Waals surface area contributed by atoms with Gasteiger partial charge in [0.2, 0.25) is 0 Å². The summed E-state index contributed by atoms with van der Waals surface area (Å²) in [5.74, 6) is -0.185. The number of unbranched alkanes of at least 4 members (excludes halogenated alkanes) is 1. The minimum Gasteiger partial charge on any atom is -0.320 e. The second-order valence-corrected chi connectivity index (χ2v) is 4.24. The molecule has 0 aromatic heterocycles. The Balaban J connectivity index is 2.11. The van der Waals surface area contributed by atoms with Crippen LogP contribution in [0.25, 0.3) is 0 Å². The van der Waals surface area contributed by atoms with E-state index in [1.807, 2.05) is 0 Å². The molecule has 0 aliphatic heterocycles. The van der Waals surface area contributed by atoms with E-state index in [4.69, 9.17) is 10.6 Å². The van der Waals surface area contributed by atoms with Gasteiger partial charge in [0, 0.05) is 0 Å². The molecule has 1 aliphatic rings. The van der Waals surface area contributed by atoms with Crippen LogP contribution in [0.1, 0.15) is 51.9 Å². The molecular weight excluding hydrogens is 192 g/mol. The Morgan fingerprint density at radius 1 is 1.53 bits per heavy atom. The maximum absolute atomic E-state index is 11.4. The van der Waals surface area contributed by atoms with E-state index < -0.39 is 6.04 Å². The van der Waals surface area contributed by atoms with Gasteiger partial charge in [-0.25, -0.2) is 5.48 Å². The summed E-state index contributed by atoms with van der Waals surface area (Å²) in [6, 6.07) is -0.425. The van der Waals surface area contributed by atoms with E-state index in [0.717, 1.165) is 32.1 Å². The normalized spacial score (nSPS) is 19.1. The Bertz CT molecular complexity index is 191. The van der Waals surface area contributed by atoms with Crippen LogP contribution in [0.3, 0.4) is 0 Å². The van der Waals surface area contributed by atoms with Gasteiger partial charge in [-0.2, -0.15) is 0 Å². The first-order valence-corrected chi connectivity index (χ1v) is 5.95. The largest absolute Gasteiger partial charge is 0.320 e. The van der Waals surface area contributed by atoms with Crippen molar-refractivity contribution in [2.24, 2.45) is 5.73 Å². The van der Waals surface area contributed by atoms with E-state index in [1.54, 1.807) is 0 Å². The van der Waals surface area contributed by atoms with Crippen molar-refractivity contribution in [3.05, 3.63) is 0 Å². The standard InChI is InChI=1S/C11H22N2O2/c1-2-3-8-10(12)11(14)13-15-9-6-4-5-7-9/h9-10H,2-8,12H2,1H3,(H,13,14)/t10-/m0/s1. The van der Waals surface area contributed by atoms with E-state index >= 15 is 0 Å². The van der Waals surface area contributed by atoms with E-state index in [-0.39, 0.29) is 12.0 Å². The molecular formula is C11H22N2O2. The number of nitrogens with two attached hydrogens (primary N) is 1. The Morgan fingerprint density at radius 2 is 2.20 bits per heavy atom. The van der Waals surface area contributed by atoms with Crippen LogP contribution < -0.4 is 11.2 Å². The third-order valence-electron chi connectivity index (χ3n) is 2.83. The molecule has 88 valence electrons. The summed E-state index contributed by atoms with van der Waals surface area (Å²) < 4.78 is 0. The predicted molar refractivity (Wildman–Crippen MR) is 59.0 cm³/mol. The fourth-order valence-corrected chi connectivity index (χ4v) is 1.78. The first kappa shape index (κ1) is 12.5. The Labute approximate surface area is 91.5 Å². The third-order valence-corrected chi connectivity index (χ3v) is 2.83. The zero-order valence-electron chi connectivity index (χ0n) is 9.50. The van der Waals surface area contributed by atoms with Crippen molar-refractivity contribution in [3.8, 4) is 0 Å². The fraction of sp³-hybridized carbons (Fsp3) is 0.909. The summed E-state index contributed by atoms with van der Waals surface area (Å²) >= 11 is 0. The molecule has 1 saturated carbocycles. The molecule has 1 fully saturated rings. The summed E-state index contributed by atoms with van der Waals surface area (Å²) in [6.07, 6.45) is 7.46. The molecule has 1 rings (SSSR count). The second kappa shape index (κ2) is 6.80. The Hall–Kier alpha value is -0.610. The Kier molecular flexibility index (Phi) is 5.65. The number of hydroxylamine groups is 1. The molecule has 15 heavy (non-hydrogen) atoms. The number of carbonyl (C=O) groups excluding carboxylic acids is 1. The van der Waals surface area contributed by atoms with Crippen LogP contribution in [0.4, 0.5) is 0 Å². The van der Waals surface area contributed by atoms with Crippen molar-refractivity contribution in [1.82, 2.24) is 5.48 Å². The van der Waals surface area contributed by atoms with Crippen molar-refractivity contribution < 1.29 is 9.63 Å². The van der Waals surface area contributed by atoms with Gasteiger partial charge in [0.15, 0.2) is 0 Å². The molecule has 1 atom stereocenters. The summed E-state index contributed by atoms with van der Waals surface area (Å²) in [5.41, 5.74) is 8.17. The number of rotatable bonds is 6. The molecule has 0 aromatic rings. The number of hydrogen-bond donors (Lipinski definition) is 2. The molecule has 1 aliphatic carbocycles. The highest BCUT2D eigenvalue weighted by molar-refractivity contribution is 5.80. The predicted octanol–water partition coefficient (Wildman–Crippen LogP) is 1.49. The lowest BCUT2D eigenvalue weighted by Crippen LogP contribution is -2.41. The highest BCUT2D eigenvalue weighted by Gasteiger charge is 2.18. The average molecular weight is 214 g/mol. The number of hydrogen-bond acceptors (Lipinski definition) is 3. The van der Waals surface area contributed by atoms with Gasteiger partial charge in [-0.05, 0) is 19.3 Å². The van der Waals surface area contributed by atoms with Crippen molar-refractivity contribution >= 4 is 5.91 Å². The number of amides is 1. The molecule has 0 aromatic carbocycles. The van der Waals surface area contributed by atoms with Crippen LogP contribution in [0.5, 0.6) is 0 Å². The summed E-state index contributed by atoms with van der Waals surface area (Å²) in [5, 5.41) is 0. The zero-order chi connectivity index (χ0) is 11.1. The lowest BCUT2D eigenvalue weighted by Gasteiger charge is -2.14. The third kappa shape index (κ3) is 4.62. The van der Waals surface area contributed by atoms with Gasteiger partial charge in [-0.3, -0.25) is 9.63 Å². The second-order valence-electron chi connectivity index (χ2n) is 4.24. The molecule has 0 bridgehead atoms. The molecule has 4 nitrogen and oxygen atoms in total. The molecule has 0 unspecified atom stereocenters. The minimum atomic E-state index is -0.425. The van der Waals surface area contributed by atoms with Crippen LogP contribution in [-0.2, 0) is 9.63 Å². The zero-order valence-corrected chi connectivity index (χ0v) is 9.50. The first-order valence-electron chi connectivity index (χ1n) is 5.95. The SMILES string of the molecule is CCCC[C@H](N)C(=O)NOC1CCCC1. The number of nitrogens with one attached hydrogen (secondary N) is 1. The monoisotopic (exact) mass is 214 g/mol. The van der Waals surface area contributed by atoms with E-state index in [9.17, 15) is 4.79 Å². The number of carbonyl (C=O) groups is 1. The smallest absolute Gasteiger partial charge is 0.260 e. The average Bonchev–Trinajstić information content (AvgIpc) is 2.75. The summed E-state index contributed by atoms with van der Waals surface area (Å²) in [7, 11) is 0. The molecule has 0 heterocycles. The molecule has 0 radical (unpaired) electrons. The van der Waals surface area contributed by atoms with Gasteiger partial charge in [-0.15, -0.1) is 0 Å². The van der Waals surface area contributed by atoms with Gasteiger partial charge in [0.25, 0.3) is 5.91 Å². The maximum Gasteiger partial charge on any atom is 0.260 e. The lowest BCUT2D eigenvalue weighted by atomic mass is 10.1. The van der Waals surface area contributed by atoms with Gasteiger partial charge < -0.3 is 5.73 Å². The van der Waals surface area contributed by atoms with Crippen LogP contribution >= 0.6 is 0 Å². The van der Waals surface area contributed by atoms with Crippen molar-refractivity contribution in [2.45, 2.75) is 64.0 Å². The van der Waals surface area contributed by atoms with Crippen molar-refractivity contribution in [3.63, 3.8) is 0 Å². The molecule has 1 amide bonds. The van der Waals surface area contributed by atoms with Gasteiger partial charge in [-0.1, -0.05) is 32.6 Å². The highest BCUT2D eigenvalue weighted by Crippen LogP contribution is 2.19. The maximum atomic E-state index is 11.4. The van der Waals surface area contributed by atoms with E-state index in [0.29, 0.717) is 0 Å². The summed E-state index contributed by atoms with van der Waals surface area (Å²) in [6.45, 7) is 2.08. The quantitative estimate of drug-likeness (QED) is 0.658. The van der Waals surface area contributed by atoms with E-state index in [1.165, 1.54) is 12.8 Å². The molecule has 4 heteroatoms. The van der Waals surface area contributed by atoms with Crippen LogP contribution in [0.2, 0.25) is 0 Å². The minimum absolute atomic E-state index is 0.185. The van der Waals surface area contributed by atoms with Crippen molar-refractivity contribution in [2.75, 3.05) is 0 Å². The summed E-state index contributed by atoms with van der Waals surface area (Å²) in [4.78, 5) is 16.7. The van der Waals surface area contributed by atoms with Gasteiger partial charge in [0.1, 0.15) is 0 Å². The highest BCUT2D eigenvalue weighted by atomic mass is 16.7.